The monoisotopic (exact) mass is 301 g/mol. The van der Waals surface area contributed by atoms with Crippen molar-refractivity contribution < 1.29 is 4.57 Å². The molecule has 0 aromatic heterocycles. The second kappa shape index (κ2) is 6.49. The van der Waals surface area contributed by atoms with Crippen molar-refractivity contribution in [3.8, 4) is 11.1 Å². The van der Waals surface area contributed by atoms with Crippen molar-refractivity contribution in [2.24, 2.45) is 0 Å². The van der Waals surface area contributed by atoms with Crippen LogP contribution in [0.3, 0.4) is 0 Å². The number of nitrogens with zero attached hydrogens (tertiary/aromatic N) is 1. The number of rotatable bonds is 5. The van der Waals surface area contributed by atoms with Crippen LogP contribution in [-0.2, 0) is 4.57 Å². The van der Waals surface area contributed by atoms with Gasteiger partial charge in [0.2, 0.25) is 0 Å². The highest BCUT2D eigenvalue weighted by atomic mass is 31.2. The predicted molar refractivity (Wildman–Crippen MR) is 94.5 cm³/mol. The molecule has 0 fully saturated rings. The van der Waals surface area contributed by atoms with Crippen LogP contribution in [0.15, 0.2) is 48.5 Å². The maximum Gasteiger partial charge on any atom is 0.115 e. The molecule has 2 nitrogen and oxygen atoms in total. The summed E-state index contributed by atoms with van der Waals surface area (Å²) in [6.45, 7) is 4.05. The van der Waals surface area contributed by atoms with Gasteiger partial charge in [-0.15, -0.1) is 0 Å². The molecule has 0 atom stereocenters. The van der Waals surface area contributed by atoms with E-state index in [1.807, 2.05) is 58.3 Å². The summed E-state index contributed by atoms with van der Waals surface area (Å²) >= 11 is 0. The van der Waals surface area contributed by atoms with Gasteiger partial charge in [-0.25, -0.2) is 0 Å². The molecule has 3 heteroatoms. The Morgan fingerprint density at radius 1 is 0.857 bits per heavy atom. The smallest absolute Gasteiger partial charge is 0.115 e. The first-order chi connectivity index (χ1) is 10.0. The van der Waals surface area contributed by atoms with Gasteiger partial charge in [-0.2, -0.15) is 0 Å². The molecule has 0 bridgehead atoms. The van der Waals surface area contributed by atoms with E-state index in [0.29, 0.717) is 12.3 Å². The van der Waals surface area contributed by atoms with Crippen LogP contribution >= 0.6 is 7.14 Å². The molecule has 0 aliphatic heterocycles. The van der Waals surface area contributed by atoms with E-state index in [9.17, 15) is 4.57 Å². The lowest BCUT2D eigenvalue weighted by Crippen LogP contribution is -2.15. The van der Waals surface area contributed by atoms with Gasteiger partial charge in [0.1, 0.15) is 7.14 Å². The van der Waals surface area contributed by atoms with Gasteiger partial charge in [0.05, 0.1) is 0 Å². The van der Waals surface area contributed by atoms with E-state index in [0.717, 1.165) is 22.1 Å². The number of benzene rings is 2. The molecule has 0 saturated heterocycles. The zero-order valence-electron chi connectivity index (χ0n) is 13.3. The summed E-state index contributed by atoms with van der Waals surface area (Å²) in [6, 6.07) is 16.5. The SMILES string of the molecule is CCP(=O)(CC)c1ccccc1-c1ccccc1N(C)C. The van der Waals surface area contributed by atoms with E-state index in [4.69, 9.17) is 0 Å². The molecule has 0 unspecified atom stereocenters. The molecule has 0 saturated carbocycles. The second-order valence-corrected chi connectivity index (χ2v) is 8.98. The summed E-state index contributed by atoms with van der Waals surface area (Å²) < 4.78 is 13.2. The van der Waals surface area contributed by atoms with Gasteiger partial charge in [0.15, 0.2) is 0 Å². The predicted octanol–water partition coefficient (Wildman–Crippen LogP) is 4.45. The zero-order valence-corrected chi connectivity index (χ0v) is 14.2. The fraction of sp³-hybridized carbons (Fsp3) is 0.333. The molecule has 2 rings (SSSR count). The lowest BCUT2D eigenvalue weighted by Gasteiger charge is -2.22. The minimum atomic E-state index is -2.31. The number of anilines is 1. The normalized spacial score (nSPS) is 11.4. The molecular formula is C18H24NOP. The second-order valence-electron chi connectivity index (χ2n) is 5.45. The van der Waals surface area contributed by atoms with Crippen molar-refractivity contribution in [1.82, 2.24) is 0 Å². The third-order valence-electron chi connectivity index (χ3n) is 4.04. The standard InChI is InChI=1S/C18H24NOP/c1-5-21(20,6-2)18-14-10-8-12-16(18)15-11-7-9-13-17(15)19(3)4/h7-14H,5-6H2,1-4H3. The van der Waals surface area contributed by atoms with Gasteiger partial charge in [-0.05, 0) is 11.6 Å². The molecule has 2 aromatic rings. The Bertz CT molecular complexity index is 656. The van der Waals surface area contributed by atoms with Crippen molar-refractivity contribution in [3.63, 3.8) is 0 Å². The summed E-state index contributed by atoms with van der Waals surface area (Å²) in [5, 5.41) is 1.02. The Morgan fingerprint density at radius 3 is 1.95 bits per heavy atom. The number of hydrogen-bond donors (Lipinski definition) is 0. The maximum atomic E-state index is 13.2. The van der Waals surface area contributed by atoms with Gasteiger partial charge in [0, 0.05) is 43.0 Å². The van der Waals surface area contributed by atoms with Gasteiger partial charge in [-0.3, -0.25) is 0 Å². The number of hydrogen-bond acceptors (Lipinski definition) is 2. The van der Waals surface area contributed by atoms with Crippen LogP contribution < -0.4 is 10.2 Å². The molecule has 2 aromatic carbocycles. The minimum absolute atomic E-state index is 0.713. The van der Waals surface area contributed by atoms with Gasteiger partial charge >= 0.3 is 0 Å². The lowest BCUT2D eigenvalue weighted by molar-refractivity contribution is 0.582. The third kappa shape index (κ3) is 3.06. The quantitative estimate of drug-likeness (QED) is 0.761. The largest absolute Gasteiger partial charge is 0.377 e. The average molecular weight is 301 g/mol. The van der Waals surface area contributed by atoms with Crippen LogP contribution in [0.2, 0.25) is 0 Å². The first kappa shape index (κ1) is 15.9. The summed E-state index contributed by atoms with van der Waals surface area (Å²) in [5.74, 6) is 0. The number of para-hydroxylation sites is 1. The van der Waals surface area contributed by atoms with E-state index in [1.165, 1.54) is 0 Å². The van der Waals surface area contributed by atoms with Crippen molar-refractivity contribution in [2.45, 2.75) is 13.8 Å². The maximum absolute atomic E-state index is 13.2. The molecule has 0 aliphatic carbocycles. The van der Waals surface area contributed by atoms with Crippen LogP contribution in [0.4, 0.5) is 5.69 Å². The van der Waals surface area contributed by atoms with E-state index < -0.39 is 7.14 Å². The van der Waals surface area contributed by atoms with Gasteiger partial charge in [-0.1, -0.05) is 56.3 Å². The molecular weight excluding hydrogens is 277 g/mol. The van der Waals surface area contributed by atoms with Crippen molar-refractivity contribution in [3.05, 3.63) is 48.5 Å². The molecule has 0 heterocycles. The van der Waals surface area contributed by atoms with Crippen molar-refractivity contribution >= 4 is 18.1 Å². The highest BCUT2D eigenvalue weighted by molar-refractivity contribution is 7.71. The van der Waals surface area contributed by atoms with Crippen molar-refractivity contribution in [2.75, 3.05) is 31.3 Å². The molecule has 21 heavy (non-hydrogen) atoms. The highest BCUT2D eigenvalue weighted by Crippen LogP contribution is 2.46. The Morgan fingerprint density at radius 2 is 1.38 bits per heavy atom. The Labute approximate surface area is 128 Å². The van der Waals surface area contributed by atoms with Crippen LogP contribution in [0.1, 0.15) is 13.8 Å². The molecule has 0 aliphatic rings. The summed E-state index contributed by atoms with van der Waals surface area (Å²) in [5.41, 5.74) is 3.41. The van der Waals surface area contributed by atoms with Crippen LogP contribution in [0.25, 0.3) is 11.1 Å². The topological polar surface area (TPSA) is 20.3 Å². The van der Waals surface area contributed by atoms with Gasteiger partial charge in [0.25, 0.3) is 0 Å². The highest BCUT2D eigenvalue weighted by Gasteiger charge is 2.24. The van der Waals surface area contributed by atoms with Crippen LogP contribution in [0.5, 0.6) is 0 Å². The first-order valence-electron chi connectivity index (χ1n) is 7.48. The molecule has 0 spiro atoms. The fourth-order valence-electron chi connectivity index (χ4n) is 2.71. The molecule has 0 amide bonds. The zero-order chi connectivity index (χ0) is 15.5. The Balaban J connectivity index is 2.70. The fourth-order valence-corrected chi connectivity index (χ4v) is 4.83. The van der Waals surface area contributed by atoms with E-state index in [-0.39, 0.29) is 0 Å². The summed E-state index contributed by atoms with van der Waals surface area (Å²) in [7, 11) is 1.78. The van der Waals surface area contributed by atoms with Crippen molar-refractivity contribution in [1.29, 1.82) is 0 Å². The van der Waals surface area contributed by atoms with E-state index in [2.05, 4.69) is 23.1 Å². The summed E-state index contributed by atoms with van der Waals surface area (Å²) in [4.78, 5) is 2.11. The first-order valence-corrected chi connectivity index (χ1v) is 9.55. The molecule has 112 valence electrons. The Kier molecular flexibility index (Phi) is 4.90. The summed E-state index contributed by atoms with van der Waals surface area (Å²) in [6.07, 6.45) is 1.43. The lowest BCUT2D eigenvalue weighted by atomic mass is 10.0. The van der Waals surface area contributed by atoms with Gasteiger partial charge < -0.3 is 9.46 Å². The Hall–Kier alpha value is -1.53. The average Bonchev–Trinajstić information content (AvgIpc) is 2.54. The third-order valence-corrected chi connectivity index (χ3v) is 7.35. The molecule has 0 N–H and O–H groups in total. The van der Waals surface area contributed by atoms with E-state index >= 15 is 0 Å². The van der Waals surface area contributed by atoms with Crippen LogP contribution in [0, 0.1) is 0 Å². The molecule has 0 radical (unpaired) electrons. The minimum Gasteiger partial charge on any atom is -0.377 e. The van der Waals surface area contributed by atoms with E-state index in [1.54, 1.807) is 0 Å². The van der Waals surface area contributed by atoms with Crippen LogP contribution in [-0.4, -0.2) is 26.4 Å².